The van der Waals surface area contributed by atoms with E-state index in [4.69, 9.17) is 4.42 Å². The Bertz CT molecular complexity index is 734. The average molecular weight is 332 g/mol. The number of aromatic nitrogens is 3. The molecule has 3 rings (SSSR count). The van der Waals surface area contributed by atoms with Crippen molar-refractivity contribution in [1.82, 2.24) is 19.9 Å². The summed E-state index contributed by atoms with van der Waals surface area (Å²) in [5.41, 5.74) is -0.0623. The van der Waals surface area contributed by atoms with Gasteiger partial charge >= 0.3 is 0 Å². The normalized spacial score (nSPS) is 21.2. The average Bonchev–Trinajstić information content (AvgIpc) is 3.25. The first-order valence-electron chi connectivity index (χ1n) is 8.33. The van der Waals surface area contributed by atoms with Gasteiger partial charge in [-0.25, -0.2) is 4.68 Å². The summed E-state index contributed by atoms with van der Waals surface area (Å²) in [7, 11) is 0. The molecule has 2 aromatic rings. The lowest BCUT2D eigenvalue weighted by atomic mass is 10.00. The summed E-state index contributed by atoms with van der Waals surface area (Å²) in [5.74, 6) is 0.701. The topological polar surface area (TPSA) is 84.4 Å². The van der Waals surface area contributed by atoms with Crippen molar-refractivity contribution in [2.75, 3.05) is 13.1 Å². The summed E-state index contributed by atoms with van der Waals surface area (Å²) < 4.78 is 7.15. The first-order chi connectivity index (χ1) is 11.3. The Labute approximate surface area is 141 Å². The highest BCUT2D eigenvalue weighted by atomic mass is 16.3. The molecule has 3 heterocycles. The van der Waals surface area contributed by atoms with Gasteiger partial charge in [-0.15, -0.1) is 5.10 Å². The molecule has 1 aliphatic heterocycles. The molecule has 0 aliphatic carbocycles. The fraction of sp³-hybridized carbons (Fsp3) is 0.588. The number of amides is 1. The standard InChI is InChI=1S/C17H24N4O3/c1-11(2)15-13(5-8-24-15)16(22)20-7-6-17(23,10-20)14-9-21(12(3)4)19-18-14/h5,8-9,11-12,23H,6-7,10H2,1-4H3/t17-/m1/s1. The minimum absolute atomic E-state index is 0.111. The molecule has 0 bridgehead atoms. The Balaban J connectivity index is 1.78. The Morgan fingerprint density at radius 2 is 2.12 bits per heavy atom. The third kappa shape index (κ3) is 2.84. The van der Waals surface area contributed by atoms with Crippen molar-refractivity contribution < 1.29 is 14.3 Å². The zero-order valence-corrected chi connectivity index (χ0v) is 14.6. The number of carbonyl (C=O) groups excluding carboxylic acids is 1. The monoisotopic (exact) mass is 332 g/mol. The molecule has 0 spiro atoms. The van der Waals surface area contributed by atoms with Gasteiger partial charge < -0.3 is 14.4 Å². The Kier molecular flexibility index (Phi) is 4.21. The summed E-state index contributed by atoms with van der Waals surface area (Å²) in [6, 6.07) is 1.87. The molecule has 24 heavy (non-hydrogen) atoms. The number of aliphatic hydroxyl groups is 1. The van der Waals surface area contributed by atoms with E-state index in [0.717, 1.165) is 0 Å². The third-order valence-electron chi connectivity index (χ3n) is 4.50. The maximum absolute atomic E-state index is 12.8. The lowest BCUT2D eigenvalue weighted by molar-refractivity contribution is 0.0381. The number of hydrogen-bond donors (Lipinski definition) is 1. The molecule has 0 radical (unpaired) electrons. The van der Waals surface area contributed by atoms with Crippen LogP contribution in [0.25, 0.3) is 0 Å². The van der Waals surface area contributed by atoms with Gasteiger partial charge in [-0.05, 0) is 19.9 Å². The molecule has 0 unspecified atom stereocenters. The highest BCUT2D eigenvalue weighted by molar-refractivity contribution is 5.95. The minimum Gasteiger partial charge on any atom is -0.468 e. The van der Waals surface area contributed by atoms with Crippen LogP contribution in [-0.2, 0) is 5.60 Å². The predicted octanol–water partition coefficient (Wildman–Crippen LogP) is 2.31. The maximum atomic E-state index is 12.8. The minimum atomic E-state index is -1.15. The van der Waals surface area contributed by atoms with Crippen LogP contribution in [0.5, 0.6) is 0 Å². The van der Waals surface area contributed by atoms with Crippen LogP contribution in [0.4, 0.5) is 0 Å². The van der Waals surface area contributed by atoms with Gasteiger partial charge in [0.2, 0.25) is 0 Å². The SMILES string of the molecule is CC(C)c1occc1C(=O)N1CC[C@](O)(c2cn(C(C)C)nn2)C1. The van der Waals surface area contributed by atoms with Crippen LogP contribution in [0.1, 0.15) is 67.9 Å². The van der Waals surface area contributed by atoms with Gasteiger partial charge in [-0.1, -0.05) is 19.1 Å². The van der Waals surface area contributed by atoms with Crippen molar-refractivity contribution in [3.05, 3.63) is 35.5 Å². The molecule has 0 saturated carbocycles. The van der Waals surface area contributed by atoms with E-state index in [-0.39, 0.29) is 24.4 Å². The highest BCUT2D eigenvalue weighted by Crippen LogP contribution is 2.32. The van der Waals surface area contributed by atoms with Crippen molar-refractivity contribution in [3.8, 4) is 0 Å². The van der Waals surface area contributed by atoms with Crippen LogP contribution in [0.3, 0.4) is 0 Å². The van der Waals surface area contributed by atoms with Gasteiger partial charge in [0, 0.05) is 24.9 Å². The van der Waals surface area contributed by atoms with E-state index in [2.05, 4.69) is 10.3 Å². The van der Waals surface area contributed by atoms with Gasteiger partial charge in [-0.2, -0.15) is 0 Å². The smallest absolute Gasteiger partial charge is 0.257 e. The van der Waals surface area contributed by atoms with E-state index in [0.29, 0.717) is 30.0 Å². The van der Waals surface area contributed by atoms with Crippen molar-refractivity contribution in [1.29, 1.82) is 0 Å². The molecule has 1 amide bonds. The lowest BCUT2D eigenvalue weighted by Gasteiger charge is -2.21. The number of likely N-dealkylation sites (tertiary alicyclic amines) is 1. The van der Waals surface area contributed by atoms with Crippen molar-refractivity contribution in [2.45, 2.75) is 51.7 Å². The number of hydrogen-bond acceptors (Lipinski definition) is 5. The third-order valence-corrected chi connectivity index (χ3v) is 4.50. The van der Waals surface area contributed by atoms with E-state index in [1.807, 2.05) is 27.7 Å². The molecule has 7 nitrogen and oxygen atoms in total. The summed E-state index contributed by atoms with van der Waals surface area (Å²) >= 11 is 0. The summed E-state index contributed by atoms with van der Waals surface area (Å²) in [4.78, 5) is 14.4. The van der Waals surface area contributed by atoms with Crippen LogP contribution >= 0.6 is 0 Å². The van der Waals surface area contributed by atoms with Gasteiger partial charge in [0.15, 0.2) is 0 Å². The molecule has 2 aromatic heterocycles. The molecule has 130 valence electrons. The molecule has 7 heteroatoms. The summed E-state index contributed by atoms with van der Waals surface area (Å²) in [6.45, 7) is 8.66. The van der Waals surface area contributed by atoms with Crippen LogP contribution in [0.2, 0.25) is 0 Å². The quantitative estimate of drug-likeness (QED) is 0.929. The fourth-order valence-corrected chi connectivity index (χ4v) is 3.03. The lowest BCUT2D eigenvalue weighted by Crippen LogP contribution is -2.35. The maximum Gasteiger partial charge on any atom is 0.257 e. The zero-order chi connectivity index (χ0) is 17.5. The van der Waals surface area contributed by atoms with Crippen LogP contribution < -0.4 is 0 Å². The fourth-order valence-electron chi connectivity index (χ4n) is 3.03. The zero-order valence-electron chi connectivity index (χ0n) is 14.6. The second kappa shape index (κ2) is 6.05. The first kappa shape index (κ1) is 16.7. The van der Waals surface area contributed by atoms with E-state index in [9.17, 15) is 9.90 Å². The molecule has 1 saturated heterocycles. The summed E-state index contributed by atoms with van der Waals surface area (Å²) in [6.07, 6.45) is 3.75. The van der Waals surface area contributed by atoms with E-state index in [1.165, 1.54) is 0 Å². The molecule has 1 atom stereocenters. The predicted molar refractivity (Wildman–Crippen MR) is 87.6 cm³/mol. The molecule has 1 N–H and O–H groups in total. The van der Waals surface area contributed by atoms with E-state index < -0.39 is 5.60 Å². The molecular weight excluding hydrogens is 308 g/mol. The Hall–Kier alpha value is -2.15. The van der Waals surface area contributed by atoms with Gasteiger partial charge in [0.05, 0.1) is 24.6 Å². The number of nitrogens with zero attached hydrogens (tertiary/aromatic N) is 4. The van der Waals surface area contributed by atoms with Crippen LogP contribution in [0, 0.1) is 0 Å². The first-order valence-corrected chi connectivity index (χ1v) is 8.33. The number of β-amino-alcohol motifs (C(OH)–C–C–N with tert-alkyl or cyclic N) is 1. The highest BCUT2D eigenvalue weighted by Gasteiger charge is 2.42. The number of carbonyl (C=O) groups is 1. The second-order valence-electron chi connectivity index (χ2n) is 7.04. The van der Waals surface area contributed by atoms with Gasteiger partial charge in [0.25, 0.3) is 5.91 Å². The number of furan rings is 1. The van der Waals surface area contributed by atoms with Crippen molar-refractivity contribution in [2.24, 2.45) is 0 Å². The van der Waals surface area contributed by atoms with Gasteiger partial charge in [-0.3, -0.25) is 4.79 Å². The van der Waals surface area contributed by atoms with Crippen molar-refractivity contribution >= 4 is 5.91 Å². The van der Waals surface area contributed by atoms with E-state index >= 15 is 0 Å². The van der Waals surface area contributed by atoms with E-state index in [1.54, 1.807) is 28.1 Å². The second-order valence-corrected chi connectivity index (χ2v) is 7.04. The molecule has 0 aromatic carbocycles. The Morgan fingerprint density at radius 3 is 2.75 bits per heavy atom. The van der Waals surface area contributed by atoms with Crippen LogP contribution in [-0.4, -0.2) is 44.0 Å². The molecule has 1 aliphatic rings. The largest absolute Gasteiger partial charge is 0.468 e. The summed E-state index contributed by atoms with van der Waals surface area (Å²) in [5, 5.41) is 19.1. The van der Waals surface area contributed by atoms with Crippen LogP contribution in [0.15, 0.2) is 22.9 Å². The van der Waals surface area contributed by atoms with Crippen molar-refractivity contribution in [3.63, 3.8) is 0 Å². The Morgan fingerprint density at radius 1 is 1.38 bits per heavy atom. The van der Waals surface area contributed by atoms with Gasteiger partial charge in [0.1, 0.15) is 17.1 Å². The molecule has 1 fully saturated rings. The molecular formula is C17H24N4O3. The number of rotatable bonds is 4.